The number of ether oxygens (including phenoxy) is 1. The molecule has 0 atom stereocenters. The fourth-order valence-electron chi connectivity index (χ4n) is 2.56. The van der Waals surface area contributed by atoms with Crippen molar-refractivity contribution in [3.63, 3.8) is 0 Å². The molecule has 1 saturated heterocycles. The Balaban J connectivity index is 0.00000264. The van der Waals surface area contributed by atoms with Crippen molar-refractivity contribution < 1.29 is 13.9 Å². The third-order valence-corrected chi connectivity index (χ3v) is 4.19. The lowest BCUT2D eigenvalue weighted by Crippen LogP contribution is -2.42. The lowest BCUT2D eigenvalue weighted by molar-refractivity contribution is -0.134. The molecule has 23 heavy (non-hydrogen) atoms. The van der Waals surface area contributed by atoms with Crippen LogP contribution in [0.1, 0.15) is 19.8 Å². The van der Waals surface area contributed by atoms with Gasteiger partial charge in [0.1, 0.15) is 11.6 Å². The number of halogens is 3. The maximum absolute atomic E-state index is 12.9. The third-order valence-electron chi connectivity index (χ3n) is 3.90. The summed E-state index contributed by atoms with van der Waals surface area (Å²) >= 11 is 5.87. The number of amides is 1. The smallest absolute Gasteiger partial charge is 0.260 e. The Labute approximate surface area is 147 Å². The van der Waals surface area contributed by atoms with Gasteiger partial charge in [0.05, 0.1) is 5.02 Å². The van der Waals surface area contributed by atoms with Gasteiger partial charge >= 0.3 is 0 Å². The fourth-order valence-corrected chi connectivity index (χ4v) is 2.78. The summed E-state index contributed by atoms with van der Waals surface area (Å²) in [5, 5.41) is 3.52. The molecule has 7 heteroatoms. The van der Waals surface area contributed by atoms with E-state index in [9.17, 15) is 9.18 Å². The maximum Gasteiger partial charge on any atom is 0.260 e. The fraction of sp³-hybridized carbons (Fsp3) is 0.562. The first-order valence-electron chi connectivity index (χ1n) is 7.66. The van der Waals surface area contributed by atoms with Gasteiger partial charge < -0.3 is 15.0 Å². The molecule has 130 valence electrons. The van der Waals surface area contributed by atoms with E-state index >= 15 is 0 Å². The summed E-state index contributed by atoms with van der Waals surface area (Å²) in [6, 6.07) is 3.87. The summed E-state index contributed by atoms with van der Waals surface area (Å²) in [4.78, 5) is 14.0. The van der Waals surface area contributed by atoms with E-state index in [1.165, 1.54) is 18.2 Å². The molecule has 1 aromatic rings. The quantitative estimate of drug-likeness (QED) is 0.842. The van der Waals surface area contributed by atoms with Crippen molar-refractivity contribution in [2.75, 3.05) is 32.8 Å². The van der Waals surface area contributed by atoms with E-state index < -0.39 is 5.82 Å². The molecular formula is C16H23Cl2FN2O2. The van der Waals surface area contributed by atoms with Gasteiger partial charge in [-0.25, -0.2) is 4.39 Å². The lowest BCUT2D eigenvalue weighted by Gasteiger charge is -2.32. The van der Waals surface area contributed by atoms with Crippen molar-refractivity contribution in [1.82, 2.24) is 10.2 Å². The summed E-state index contributed by atoms with van der Waals surface area (Å²) in [6.45, 7) is 5.54. The van der Waals surface area contributed by atoms with E-state index in [1.54, 1.807) is 0 Å². The lowest BCUT2D eigenvalue weighted by atomic mass is 9.97. The summed E-state index contributed by atoms with van der Waals surface area (Å²) in [5.74, 6) is 0.489. The molecule has 0 aromatic heterocycles. The second-order valence-corrected chi connectivity index (χ2v) is 5.90. The van der Waals surface area contributed by atoms with Crippen LogP contribution in [-0.4, -0.2) is 43.6 Å². The molecule has 1 heterocycles. The number of rotatable bonds is 6. The second-order valence-electron chi connectivity index (χ2n) is 5.50. The van der Waals surface area contributed by atoms with Gasteiger partial charge in [-0.1, -0.05) is 18.5 Å². The van der Waals surface area contributed by atoms with Crippen molar-refractivity contribution >= 4 is 29.9 Å². The number of likely N-dealkylation sites (tertiary alicyclic amines) is 1. The average molecular weight is 365 g/mol. The topological polar surface area (TPSA) is 41.6 Å². The highest BCUT2D eigenvalue weighted by atomic mass is 35.5. The summed E-state index contributed by atoms with van der Waals surface area (Å²) in [6.07, 6.45) is 2.02. The van der Waals surface area contributed by atoms with Gasteiger partial charge in [-0.3, -0.25) is 4.79 Å². The molecule has 0 aliphatic carbocycles. The van der Waals surface area contributed by atoms with Gasteiger partial charge in [-0.2, -0.15) is 0 Å². The molecule has 0 spiro atoms. The van der Waals surface area contributed by atoms with Crippen molar-refractivity contribution in [2.24, 2.45) is 5.92 Å². The molecule has 1 N–H and O–H groups in total. The molecular weight excluding hydrogens is 342 g/mol. The van der Waals surface area contributed by atoms with E-state index in [4.69, 9.17) is 16.3 Å². The third kappa shape index (κ3) is 6.16. The van der Waals surface area contributed by atoms with Crippen LogP contribution in [0.2, 0.25) is 5.02 Å². The first-order valence-corrected chi connectivity index (χ1v) is 8.04. The summed E-state index contributed by atoms with van der Waals surface area (Å²) in [7, 11) is 0. The van der Waals surface area contributed by atoms with Crippen LogP contribution in [0.5, 0.6) is 5.75 Å². The summed E-state index contributed by atoms with van der Waals surface area (Å²) in [5.41, 5.74) is 0. The minimum Gasteiger partial charge on any atom is -0.482 e. The number of nitrogens with zero attached hydrogens (tertiary/aromatic N) is 1. The van der Waals surface area contributed by atoms with Crippen LogP contribution in [0.25, 0.3) is 0 Å². The predicted molar refractivity (Wildman–Crippen MR) is 92.0 cm³/mol. The monoisotopic (exact) mass is 364 g/mol. The van der Waals surface area contributed by atoms with Crippen LogP contribution >= 0.6 is 24.0 Å². The molecule has 1 amide bonds. The molecule has 2 rings (SSSR count). The zero-order valence-electron chi connectivity index (χ0n) is 13.2. The van der Waals surface area contributed by atoms with Gasteiger partial charge in [0, 0.05) is 13.1 Å². The molecule has 0 saturated carbocycles. The SMILES string of the molecule is CCNCC1CCN(C(=O)COc2ccc(F)cc2Cl)CC1.Cl. The Morgan fingerprint density at radius 3 is 2.74 bits per heavy atom. The zero-order chi connectivity index (χ0) is 15.9. The van der Waals surface area contributed by atoms with Crippen LogP contribution in [0, 0.1) is 11.7 Å². The number of nitrogens with one attached hydrogen (secondary N) is 1. The Hall–Kier alpha value is -1.04. The molecule has 0 radical (unpaired) electrons. The van der Waals surface area contributed by atoms with E-state index in [1.807, 2.05) is 4.90 Å². The number of carbonyl (C=O) groups is 1. The molecule has 0 unspecified atom stereocenters. The van der Waals surface area contributed by atoms with Crippen molar-refractivity contribution in [2.45, 2.75) is 19.8 Å². The van der Waals surface area contributed by atoms with Gasteiger partial charge in [0.2, 0.25) is 0 Å². The minimum absolute atomic E-state index is 0. The first-order chi connectivity index (χ1) is 10.6. The Morgan fingerprint density at radius 2 is 2.13 bits per heavy atom. The van der Waals surface area contributed by atoms with Crippen LogP contribution < -0.4 is 10.1 Å². The molecule has 1 fully saturated rings. The van der Waals surface area contributed by atoms with E-state index in [2.05, 4.69) is 12.2 Å². The summed E-state index contributed by atoms with van der Waals surface area (Å²) < 4.78 is 18.3. The Bertz CT molecular complexity index is 509. The highest BCUT2D eigenvalue weighted by Crippen LogP contribution is 2.25. The largest absolute Gasteiger partial charge is 0.482 e. The minimum atomic E-state index is -0.425. The van der Waals surface area contributed by atoms with Crippen molar-refractivity contribution in [3.8, 4) is 5.75 Å². The van der Waals surface area contributed by atoms with E-state index in [0.29, 0.717) is 11.7 Å². The van der Waals surface area contributed by atoms with Crippen LogP contribution in [0.3, 0.4) is 0 Å². The van der Waals surface area contributed by atoms with Crippen molar-refractivity contribution in [1.29, 1.82) is 0 Å². The second kappa shape index (κ2) is 9.96. The van der Waals surface area contributed by atoms with Crippen LogP contribution in [0.15, 0.2) is 18.2 Å². The predicted octanol–water partition coefficient (Wildman–Crippen LogP) is 3.13. The Kier molecular flexibility index (Phi) is 8.66. The number of hydrogen-bond donors (Lipinski definition) is 1. The maximum atomic E-state index is 12.9. The van der Waals surface area contributed by atoms with E-state index in [-0.39, 0.29) is 29.9 Å². The first kappa shape index (κ1) is 20.0. The number of carbonyl (C=O) groups excluding carboxylic acids is 1. The number of benzene rings is 1. The molecule has 1 aliphatic rings. The van der Waals surface area contributed by atoms with Gasteiger partial charge in [0.15, 0.2) is 6.61 Å². The van der Waals surface area contributed by atoms with Gasteiger partial charge in [-0.05, 0) is 50.0 Å². The highest BCUT2D eigenvalue weighted by molar-refractivity contribution is 6.32. The standard InChI is InChI=1S/C16H22ClFN2O2.ClH/c1-2-19-10-12-5-7-20(8-6-12)16(21)11-22-15-4-3-13(18)9-14(15)17;/h3-4,9,12,19H,2,5-8,10-11H2,1H3;1H. The normalized spacial score (nSPS) is 15.2. The number of piperidine rings is 1. The highest BCUT2D eigenvalue weighted by Gasteiger charge is 2.22. The zero-order valence-corrected chi connectivity index (χ0v) is 14.8. The van der Waals surface area contributed by atoms with Gasteiger partial charge in [-0.15, -0.1) is 12.4 Å². The molecule has 1 aliphatic heterocycles. The molecule has 1 aromatic carbocycles. The Morgan fingerprint density at radius 1 is 1.43 bits per heavy atom. The van der Waals surface area contributed by atoms with Crippen molar-refractivity contribution in [3.05, 3.63) is 29.0 Å². The van der Waals surface area contributed by atoms with Gasteiger partial charge in [0.25, 0.3) is 5.91 Å². The average Bonchev–Trinajstić information content (AvgIpc) is 2.52. The molecule has 4 nitrogen and oxygen atoms in total. The molecule has 0 bridgehead atoms. The van der Waals surface area contributed by atoms with E-state index in [0.717, 1.165) is 39.0 Å². The van der Waals surface area contributed by atoms with Crippen LogP contribution in [0.4, 0.5) is 4.39 Å². The number of hydrogen-bond acceptors (Lipinski definition) is 3. The van der Waals surface area contributed by atoms with Crippen LogP contribution in [-0.2, 0) is 4.79 Å².